The minimum Gasteiger partial charge on any atom is -0.426 e. The zero-order chi connectivity index (χ0) is 8.27. The molecule has 4 heteroatoms. The highest BCUT2D eigenvalue weighted by atomic mass is 79.9. The van der Waals surface area contributed by atoms with Gasteiger partial charge in [-0.3, -0.25) is 4.79 Å². The molecule has 0 spiro atoms. The maximum Gasteiger partial charge on any atom is 0.298 e. The Morgan fingerprint density at radius 2 is 2.27 bits per heavy atom. The first-order valence-corrected chi connectivity index (χ1v) is 3.59. The van der Waals surface area contributed by atoms with Gasteiger partial charge in [-0.1, -0.05) is 6.07 Å². The second-order valence-electron chi connectivity index (χ2n) is 1.77. The van der Waals surface area contributed by atoms with Crippen LogP contribution in [-0.4, -0.2) is 6.47 Å². The second kappa shape index (κ2) is 3.48. The minimum absolute atomic E-state index is 0.0747. The molecule has 1 aromatic rings. The van der Waals surface area contributed by atoms with E-state index in [-0.39, 0.29) is 16.7 Å². The van der Waals surface area contributed by atoms with Crippen molar-refractivity contribution in [3.63, 3.8) is 0 Å². The second-order valence-corrected chi connectivity index (χ2v) is 2.62. The van der Waals surface area contributed by atoms with Crippen molar-refractivity contribution >= 4 is 22.4 Å². The lowest BCUT2D eigenvalue weighted by molar-refractivity contribution is -0.120. The third-order valence-electron chi connectivity index (χ3n) is 1.09. The zero-order valence-corrected chi connectivity index (χ0v) is 6.97. The van der Waals surface area contributed by atoms with Crippen LogP contribution < -0.4 is 4.74 Å². The Balaban J connectivity index is 3.05. The molecule has 0 N–H and O–H groups in total. The summed E-state index contributed by atoms with van der Waals surface area (Å²) >= 11 is 2.95. The first-order valence-electron chi connectivity index (χ1n) is 2.80. The number of benzene rings is 1. The van der Waals surface area contributed by atoms with Crippen LogP contribution in [0.15, 0.2) is 22.7 Å². The molecule has 0 bridgehead atoms. The van der Waals surface area contributed by atoms with Crippen LogP contribution in [0.1, 0.15) is 0 Å². The molecule has 0 aliphatic rings. The van der Waals surface area contributed by atoms with Gasteiger partial charge >= 0.3 is 0 Å². The van der Waals surface area contributed by atoms with Crippen molar-refractivity contribution in [2.24, 2.45) is 0 Å². The van der Waals surface area contributed by atoms with Gasteiger partial charge in [0.05, 0.1) is 4.47 Å². The normalized spacial score (nSPS) is 9.27. The summed E-state index contributed by atoms with van der Waals surface area (Å²) in [5.41, 5.74) is 0. The summed E-state index contributed by atoms with van der Waals surface area (Å²) < 4.78 is 17.5. The van der Waals surface area contributed by atoms with Gasteiger partial charge in [0.2, 0.25) is 0 Å². The van der Waals surface area contributed by atoms with Gasteiger partial charge in [0.1, 0.15) is 0 Å². The SMILES string of the molecule is O=COc1cccc(Br)c1F. The topological polar surface area (TPSA) is 26.3 Å². The Morgan fingerprint density at radius 3 is 2.91 bits per heavy atom. The van der Waals surface area contributed by atoms with E-state index in [1.165, 1.54) is 12.1 Å². The van der Waals surface area contributed by atoms with Crippen LogP contribution in [0.4, 0.5) is 4.39 Å². The van der Waals surface area contributed by atoms with Crippen molar-refractivity contribution in [2.45, 2.75) is 0 Å². The van der Waals surface area contributed by atoms with E-state index in [0.29, 0.717) is 0 Å². The standard InChI is InChI=1S/C7H4BrFO2/c8-5-2-1-3-6(7(5)9)11-4-10/h1-4H. The van der Waals surface area contributed by atoms with Gasteiger partial charge in [0, 0.05) is 0 Å². The molecule has 1 rings (SSSR count). The fourth-order valence-corrected chi connectivity index (χ4v) is 0.975. The molecule has 0 saturated heterocycles. The first kappa shape index (κ1) is 8.20. The third kappa shape index (κ3) is 1.77. The quantitative estimate of drug-likeness (QED) is 0.712. The number of rotatable bonds is 2. The summed E-state index contributed by atoms with van der Waals surface area (Å²) in [5, 5.41) is 0. The lowest BCUT2D eigenvalue weighted by Gasteiger charge is -1.99. The number of hydrogen-bond acceptors (Lipinski definition) is 2. The predicted octanol–water partition coefficient (Wildman–Crippen LogP) is 2.12. The first-order chi connectivity index (χ1) is 5.25. The summed E-state index contributed by atoms with van der Waals surface area (Å²) in [6, 6.07) is 4.47. The van der Waals surface area contributed by atoms with Crippen molar-refractivity contribution in [1.29, 1.82) is 0 Å². The van der Waals surface area contributed by atoms with Crippen LogP contribution in [0.5, 0.6) is 5.75 Å². The molecule has 58 valence electrons. The van der Waals surface area contributed by atoms with Crippen molar-refractivity contribution in [3.05, 3.63) is 28.5 Å². The highest BCUT2D eigenvalue weighted by Crippen LogP contribution is 2.23. The van der Waals surface area contributed by atoms with Gasteiger partial charge in [-0.25, -0.2) is 4.39 Å². The van der Waals surface area contributed by atoms with Gasteiger partial charge in [-0.2, -0.15) is 0 Å². The maximum absolute atomic E-state index is 12.9. The van der Waals surface area contributed by atoms with Crippen molar-refractivity contribution in [3.8, 4) is 5.75 Å². The van der Waals surface area contributed by atoms with Crippen LogP contribution in [0.2, 0.25) is 0 Å². The van der Waals surface area contributed by atoms with E-state index in [4.69, 9.17) is 0 Å². The predicted molar refractivity (Wildman–Crippen MR) is 40.8 cm³/mol. The van der Waals surface area contributed by atoms with Crippen molar-refractivity contribution in [1.82, 2.24) is 0 Å². The summed E-state index contributed by atoms with van der Waals surface area (Å²) in [5.74, 6) is -0.644. The highest BCUT2D eigenvalue weighted by molar-refractivity contribution is 9.10. The number of hydrogen-bond donors (Lipinski definition) is 0. The van der Waals surface area contributed by atoms with E-state index in [9.17, 15) is 9.18 Å². The largest absolute Gasteiger partial charge is 0.426 e. The van der Waals surface area contributed by atoms with E-state index in [0.717, 1.165) is 0 Å². The third-order valence-corrected chi connectivity index (χ3v) is 1.70. The van der Waals surface area contributed by atoms with Crippen LogP contribution in [0, 0.1) is 5.82 Å². The molecule has 0 saturated carbocycles. The molecule has 0 unspecified atom stereocenters. The van der Waals surface area contributed by atoms with Gasteiger partial charge < -0.3 is 4.74 Å². The zero-order valence-electron chi connectivity index (χ0n) is 5.38. The Labute approximate surface area is 71.1 Å². The van der Waals surface area contributed by atoms with E-state index < -0.39 is 5.82 Å². The average molecular weight is 219 g/mol. The van der Waals surface area contributed by atoms with Crippen LogP contribution in [0.3, 0.4) is 0 Å². The lowest BCUT2D eigenvalue weighted by atomic mass is 10.3. The summed E-state index contributed by atoms with van der Waals surface area (Å²) in [6.45, 7) is 0.185. The van der Waals surface area contributed by atoms with Crippen molar-refractivity contribution < 1.29 is 13.9 Å². The molecule has 0 atom stereocenters. The fraction of sp³-hybridized carbons (Fsp3) is 0. The minimum atomic E-state index is -0.570. The molecule has 2 nitrogen and oxygen atoms in total. The molecule has 0 amide bonds. The van der Waals surface area contributed by atoms with E-state index in [2.05, 4.69) is 20.7 Å². The molecule has 0 aromatic heterocycles. The Bertz CT molecular complexity index is 275. The van der Waals surface area contributed by atoms with Crippen molar-refractivity contribution in [2.75, 3.05) is 0 Å². The molecule has 0 aliphatic carbocycles. The number of carbonyl (C=O) groups excluding carboxylic acids is 1. The Morgan fingerprint density at radius 1 is 1.55 bits per heavy atom. The van der Waals surface area contributed by atoms with Gasteiger partial charge in [0.15, 0.2) is 11.6 Å². The molecule has 0 radical (unpaired) electrons. The van der Waals surface area contributed by atoms with Gasteiger partial charge in [0.25, 0.3) is 6.47 Å². The summed E-state index contributed by atoms with van der Waals surface area (Å²) in [6.07, 6.45) is 0. The highest BCUT2D eigenvalue weighted by Gasteiger charge is 2.05. The average Bonchev–Trinajstić information content (AvgIpc) is 1.99. The number of halogens is 2. The molecule has 0 aliphatic heterocycles. The summed E-state index contributed by atoms with van der Waals surface area (Å²) in [4.78, 5) is 9.83. The maximum atomic E-state index is 12.9. The number of carbonyl (C=O) groups is 1. The van der Waals surface area contributed by atoms with E-state index in [1.807, 2.05) is 0 Å². The number of ether oxygens (including phenoxy) is 1. The summed E-state index contributed by atoms with van der Waals surface area (Å²) in [7, 11) is 0. The fourth-order valence-electron chi connectivity index (χ4n) is 0.627. The van der Waals surface area contributed by atoms with Gasteiger partial charge in [-0.05, 0) is 28.1 Å². The monoisotopic (exact) mass is 218 g/mol. The van der Waals surface area contributed by atoms with E-state index >= 15 is 0 Å². The van der Waals surface area contributed by atoms with Crippen LogP contribution >= 0.6 is 15.9 Å². The van der Waals surface area contributed by atoms with Gasteiger partial charge in [-0.15, -0.1) is 0 Å². The lowest BCUT2D eigenvalue weighted by Crippen LogP contribution is -1.91. The molecule has 11 heavy (non-hydrogen) atoms. The molecule has 0 heterocycles. The van der Waals surface area contributed by atoms with E-state index in [1.54, 1.807) is 6.07 Å². The molecule has 1 aromatic carbocycles. The smallest absolute Gasteiger partial charge is 0.298 e. The molecular weight excluding hydrogens is 215 g/mol. The molecular formula is C7H4BrFO2. The van der Waals surface area contributed by atoms with Crippen LogP contribution in [-0.2, 0) is 4.79 Å². The molecule has 0 fully saturated rings. The Kier molecular flexibility index (Phi) is 2.59. The van der Waals surface area contributed by atoms with Crippen LogP contribution in [0.25, 0.3) is 0 Å². The Hall–Kier alpha value is -0.900.